The van der Waals surface area contributed by atoms with Crippen LogP contribution in [0.5, 0.6) is 0 Å². The molecular formula is C21H29FN6. The van der Waals surface area contributed by atoms with Gasteiger partial charge in [-0.1, -0.05) is 24.3 Å². The number of rotatable bonds is 6. The largest absolute Gasteiger partial charge is 0.357 e. The van der Waals surface area contributed by atoms with Gasteiger partial charge in [0, 0.05) is 56.6 Å². The lowest BCUT2D eigenvalue weighted by Gasteiger charge is -2.34. The molecule has 1 aliphatic heterocycles. The van der Waals surface area contributed by atoms with Gasteiger partial charge in [0.1, 0.15) is 11.6 Å². The van der Waals surface area contributed by atoms with E-state index in [4.69, 9.17) is 4.99 Å². The molecule has 0 atom stereocenters. The van der Waals surface area contributed by atoms with E-state index in [9.17, 15) is 4.39 Å². The minimum atomic E-state index is -0.213. The molecule has 7 heteroatoms. The second-order valence-electron chi connectivity index (χ2n) is 6.92. The highest BCUT2D eigenvalue weighted by Gasteiger charge is 2.17. The summed E-state index contributed by atoms with van der Waals surface area (Å²) in [5, 5.41) is 6.43. The molecular weight excluding hydrogens is 355 g/mol. The van der Waals surface area contributed by atoms with Gasteiger partial charge in [-0.05, 0) is 26.1 Å². The maximum absolute atomic E-state index is 13.8. The maximum Gasteiger partial charge on any atom is 0.191 e. The summed E-state index contributed by atoms with van der Waals surface area (Å²) in [4.78, 5) is 13.9. The van der Waals surface area contributed by atoms with Crippen LogP contribution in [0.1, 0.15) is 18.1 Å². The van der Waals surface area contributed by atoms with Crippen molar-refractivity contribution in [2.75, 3.05) is 44.7 Å². The first-order valence-corrected chi connectivity index (χ1v) is 9.80. The van der Waals surface area contributed by atoms with Crippen LogP contribution in [0.4, 0.5) is 10.2 Å². The molecule has 0 spiro atoms. The number of benzene rings is 1. The summed E-state index contributed by atoms with van der Waals surface area (Å²) in [6.07, 6.45) is 1.84. The van der Waals surface area contributed by atoms with Crippen LogP contribution < -0.4 is 15.5 Å². The Labute approximate surface area is 166 Å². The molecule has 1 aliphatic rings. The summed E-state index contributed by atoms with van der Waals surface area (Å²) in [5.41, 5.74) is 1.71. The number of pyridine rings is 1. The summed E-state index contributed by atoms with van der Waals surface area (Å²) in [5.74, 6) is 1.46. The molecule has 3 rings (SSSR count). The first-order valence-electron chi connectivity index (χ1n) is 9.80. The highest BCUT2D eigenvalue weighted by molar-refractivity contribution is 5.79. The molecule has 150 valence electrons. The number of piperazine rings is 1. The summed E-state index contributed by atoms with van der Waals surface area (Å²) >= 11 is 0. The van der Waals surface area contributed by atoms with Crippen molar-refractivity contribution in [3.63, 3.8) is 0 Å². The molecule has 1 aromatic carbocycles. The van der Waals surface area contributed by atoms with E-state index in [1.807, 2.05) is 25.3 Å². The molecule has 0 unspecified atom stereocenters. The number of aromatic nitrogens is 1. The Balaban J connectivity index is 1.68. The molecule has 1 saturated heterocycles. The number of halogens is 1. The fraction of sp³-hybridized carbons (Fsp3) is 0.429. The summed E-state index contributed by atoms with van der Waals surface area (Å²) in [7, 11) is 2.14. The van der Waals surface area contributed by atoms with Gasteiger partial charge in [-0.2, -0.15) is 0 Å². The van der Waals surface area contributed by atoms with Crippen LogP contribution in [-0.4, -0.2) is 55.6 Å². The zero-order valence-corrected chi connectivity index (χ0v) is 16.7. The highest BCUT2D eigenvalue weighted by Crippen LogP contribution is 2.19. The third-order valence-electron chi connectivity index (χ3n) is 4.83. The van der Waals surface area contributed by atoms with Gasteiger partial charge >= 0.3 is 0 Å². The van der Waals surface area contributed by atoms with Gasteiger partial charge in [0.15, 0.2) is 5.96 Å². The van der Waals surface area contributed by atoms with E-state index in [-0.39, 0.29) is 5.82 Å². The van der Waals surface area contributed by atoms with Crippen LogP contribution in [0.25, 0.3) is 0 Å². The third-order valence-corrected chi connectivity index (χ3v) is 4.83. The molecule has 2 N–H and O–H groups in total. The summed E-state index contributed by atoms with van der Waals surface area (Å²) in [6.45, 7) is 7.66. The number of aliphatic imine (C=N–C) groups is 1. The van der Waals surface area contributed by atoms with Gasteiger partial charge in [0.25, 0.3) is 0 Å². The van der Waals surface area contributed by atoms with Crippen molar-refractivity contribution in [3.05, 3.63) is 59.5 Å². The average molecular weight is 385 g/mol. The fourth-order valence-electron chi connectivity index (χ4n) is 3.18. The van der Waals surface area contributed by atoms with Crippen LogP contribution in [0.2, 0.25) is 0 Å². The van der Waals surface area contributed by atoms with Gasteiger partial charge in [0.05, 0.1) is 6.54 Å². The first kappa shape index (κ1) is 20.1. The predicted octanol–water partition coefficient (Wildman–Crippen LogP) is 2.23. The quantitative estimate of drug-likeness (QED) is 0.591. The number of guanidine groups is 1. The lowest BCUT2D eigenvalue weighted by molar-refractivity contribution is 0.312. The normalized spacial score (nSPS) is 15.5. The Hall–Kier alpha value is -2.67. The first-order chi connectivity index (χ1) is 13.7. The number of hydrogen-bond donors (Lipinski definition) is 2. The van der Waals surface area contributed by atoms with E-state index < -0.39 is 0 Å². The van der Waals surface area contributed by atoms with Crippen LogP contribution in [0.15, 0.2) is 47.6 Å². The van der Waals surface area contributed by atoms with E-state index in [0.29, 0.717) is 24.6 Å². The fourth-order valence-corrected chi connectivity index (χ4v) is 3.18. The number of hydrogen-bond acceptors (Lipinski definition) is 4. The Morgan fingerprint density at radius 2 is 1.82 bits per heavy atom. The molecule has 28 heavy (non-hydrogen) atoms. The van der Waals surface area contributed by atoms with E-state index in [2.05, 4.69) is 38.5 Å². The third kappa shape index (κ3) is 5.42. The van der Waals surface area contributed by atoms with Crippen LogP contribution in [-0.2, 0) is 13.1 Å². The second-order valence-corrected chi connectivity index (χ2v) is 6.92. The topological polar surface area (TPSA) is 55.8 Å². The second kappa shape index (κ2) is 10.0. The van der Waals surface area contributed by atoms with Crippen molar-refractivity contribution >= 4 is 11.8 Å². The molecule has 0 radical (unpaired) electrons. The van der Waals surface area contributed by atoms with Gasteiger partial charge in [-0.3, -0.25) is 0 Å². The minimum absolute atomic E-state index is 0.213. The van der Waals surface area contributed by atoms with Crippen LogP contribution >= 0.6 is 0 Å². The zero-order valence-electron chi connectivity index (χ0n) is 16.7. The van der Waals surface area contributed by atoms with Gasteiger partial charge < -0.3 is 20.4 Å². The lowest BCUT2D eigenvalue weighted by Crippen LogP contribution is -2.45. The highest BCUT2D eigenvalue weighted by atomic mass is 19.1. The molecule has 0 saturated carbocycles. The molecule has 1 fully saturated rings. The van der Waals surface area contributed by atoms with Crippen molar-refractivity contribution in [1.29, 1.82) is 0 Å². The molecule has 6 nitrogen and oxygen atoms in total. The Bertz CT molecular complexity index is 786. The zero-order chi connectivity index (χ0) is 19.8. The van der Waals surface area contributed by atoms with E-state index in [1.54, 1.807) is 12.1 Å². The Kier molecular flexibility index (Phi) is 7.19. The van der Waals surface area contributed by atoms with Gasteiger partial charge in [-0.15, -0.1) is 0 Å². The monoisotopic (exact) mass is 384 g/mol. The predicted molar refractivity (Wildman–Crippen MR) is 112 cm³/mol. The van der Waals surface area contributed by atoms with Crippen molar-refractivity contribution in [1.82, 2.24) is 20.5 Å². The van der Waals surface area contributed by atoms with E-state index in [0.717, 1.165) is 44.1 Å². The molecule has 2 aromatic rings. The number of anilines is 1. The van der Waals surface area contributed by atoms with Crippen molar-refractivity contribution in [2.45, 2.75) is 20.0 Å². The van der Waals surface area contributed by atoms with E-state index >= 15 is 0 Å². The van der Waals surface area contributed by atoms with E-state index in [1.165, 1.54) is 6.07 Å². The Morgan fingerprint density at radius 1 is 1.07 bits per heavy atom. The van der Waals surface area contributed by atoms with Crippen molar-refractivity contribution in [3.8, 4) is 0 Å². The standard InChI is InChI=1S/C21H29FN6/c1-3-23-21(25-15-17-7-4-5-9-19(17)22)26-16-18-8-6-10-24-20(18)28-13-11-27(2)12-14-28/h4-10H,3,11-16H2,1-2H3,(H2,23,25,26). The van der Waals surface area contributed by atoms with Gasteiger partial charge in [-0.25, -0.2) is 14.4 Å². The molecule has 0 aliphatic carbocycles. The van der Waals surface area contributed by atoms with Crippen molar-refractivity contribution < 1.29 is 4.39 Å². The number of nitrogens with one attached hydrogen (secondary N) is 2. The molecule has 2 heterocycles. The van der Waals surface area contributed by atoms with Crippen LogP contribution in [0, 0.1) is 5.82 Å². The average Bonchev–Trinajstić information content (AvgIpc) is 2.72. The SMILES string of the molecule is CCNC(=NCc1cccnc1N1CCN(C)CC1)NCc1ccccc1F. The lowest BCUT2D eigenvalue weighted by atomic mass is 10.2. The summed E-state index contributed by atoms with van der Waals surface area (Å²) < 4.78 is 13.8. The molecule has 0 bridgehead atoms. The maximum atomic E-state index is 13.8. The Morgan fingerprint density at radius 3 is 2.57 bits per heavy atom. The van der Waals surface area contributed by atoms with Crippen molar-refractivity contribution in [2.24, 2.45) is 4.99 Å². The van der Waals surface area contributed by atoms with Crippen LogP contribution in [0.3, 0.4) is 0 Å². The molecule has 0 amide bonds. The van der Waals surface area contributed by atoms with Gasteiger partial charge in [0.2, 0.25) is 0 Å². The number of nitrogens with zero attached hydrogens (tertiary/aromatic N) is 4. The molecule has 1 aromatic heterocycles. The minimum Gasteiger partial charge on any atom is -0.357 e. The number of likely N-dealkylation sites (N-methyl/N-ethyl adjacent to an activating group) is 1. The summed E-state index contributed by atoms with van der Waals surface area (Å²) in [6, 6.07) is 10.8. The smallest absolute Gasteiger partial charge is 0.191 e.